The Labute approximate surface area is 179 Å². The van der Waals surface area contributed by atoms with Crippen molar-refractivity contribution >= 4 is 11.6 Å². The van der Waals surface area contributed by atoms with Gasteiger partial charge in [-0.15, -0.1) is 6.58 Å². The van der Waals surface area contributed by atoms with Crippen molar-refractivity contribution in [1.29, 1.82) is 0 Å². The van der Waals surface area contributed by atoms with Crippen molar-refractivity contribution in [2.75, 3.05) is 13.2 Å². The largest absolute Gasteiger partial charge is 0.484 e. The minimum absolute atomic E-state index is 0.00670. The first-order chi connectivity index (χ1) is 14.9. The lowest BCUT2D eigenvalue weighted by Gasteiger charge is -2.19. The molecular formula is C22H22N4O5. The van der Waals surface area contributed by atoms with E-state index in [-0.39, 0.29) is 37.2 Å². The van der Waals surface area contributed by atoms with E-state index in [2.05, 4.69) is 16.7 Å². The van der Waals surface area contributed by atoms with Gasteiger partial charge in [-0.2, -0.15) is 4.98 Å². The zero-order valence-electron chi connectivity index (χ0n) is 17.3. The fourth-order valence-electron chi connectivity index (χ4n) is 2.95. The molecule has 31 heavy (non-hydrogen) atoms. The molecule has 1 aromatic heterocycles. The second-order valence-corrected chi connectivity index (χ2v) is 6.94. The second-order valence-electron chi connectivity index (χ2n) is 6.94. The minimum atomic E-state index is -0.467. The summed E-state index contributed by atoms with van der Waals surface area (Å²) < 4.78 is 10.8. The molecule has 3 rings (SSSR count). The number of ether oxygens (including phenoxy) is 1. The van der Waals surface area contributed by atoms with Crippen LogP contribution in [0, 0.1) is 24.0 Å². The van der Waals surface area contributed by atoms with Crippen LogP contribution in [0.25, 0.3) is 11.4 Å². The van der Waals surface area contributed by atoms with Crippen molar-refractivity contribution in [3.05, 3.63) is 82.3 Å². The molecule has 0 fully saturated rings. The Kier molecular flexibility index (Phi) is 6.76. The maximum Gasteiger partial charge on any atom is 0.272 e. The predicted molar refractivity (Wildman–Crippen MR) is 113 cm³/mol. The highest BCUT2D eigenvalue weighted by molar-refractivity contribution is 5.78. The molecule has 1 heterocycles. The molecule has 9 heteroatoms. The Bertz CT molecular complexity index is 1110. The average molecular weight is 422 g/mol. The maximum absolute atomic E-state index is 12.6. The van der Waals surface area contributed by atoms with Crippen LogP contribution in [0.15, 0.2) is 59.6 Å². The normalized spacial score (nSPS) is 10.5. The molecule has 0 bridgehead atoms. The van der Waals surface area contributed by atoms with E-state index in [4.69, 9.17) is 9.26 Å². The van der Waals surface area contributed by atoms with Gasteiger partial charge in [-0.05, 0) is 32.0 Å². The van der Waals surface area contributed by atoms with Crippen LogP contribution in [-0.4, -0.2) is 39.0 Å². The smallest absolute Gasteiger partial charge is 0.272 e. The van der Waals surface area contributed by atoms with Gasteiger partial charge in [-0.3, -0.25) is 14.9 Å². The maximum atomic E-state index is 12.6. The Morgan fingerprint density at radius 1 is 1.29 bits per heavy atom. The van der Waals surface area contributed by atoms with Crippen LogP contribution in [0.3, 0.4) is 0 Å². The summed E-state index contributed by atoms with van der Waals surface area (Å²) in [7, 11) is 0. The monoisotopic (exact) mass is 422 g/mol. The first-order valence-electron chi connectivity index (χ1n) is 9.53. The van der Waals surface area contributed by atoms with E-state index in [0.717, 1.165) is 11.1 Å². The van der Waals surface area contributed by atoms with Gasteiger partial charge in [0.25, 0.3) is 11.6 Å². The third kappa shape index (κ3) is 5.53. The summed E-state index contributed by atoms with van der Waals surface area (Å²) in [6.45, 7) is 7.39. The second kappa shape index (κ2) is 9.66. The zero-order valence-corrected chi connectivity index (χ0v) is 17.3. The van der Waals surface area contributed by atoms with E-state index in [1.807, 2.05) is 31.2 Å². The fourth-order valence-corrected chi connectivity index (χ4v) is 2.95. The van der Waals surface area contributed by atoms with Gasteiger partial charge >= 0.3 is 0 Å². The van der Waals surface area contributed by atoms with Gasteiger partial charge in [0, 0.05) is 23.7 Å². The van der Waals surface area contributed by atoms with Crippen LogP contribution in [-0.2, 0) is 11.3 Å². The molecule has 0 saturated carbocycles. The SMILES string of the molecule is C=CCN(Cc1nc(-c2cccc(C)c2)no1)C(=O)COc1ccc([N+](=O)[O-])c(C)c1. The molecule has 9 nitrogen and oxygen atoms in total. The van der Waals surface area contributed by atoms with Crippen LogP contribution < -0.4 is 4.74 Å². The molecule has 160 valence electrons. The lowest BCUT2D eigenvalue weighted by Crippen LogP contribution is -2.34. The Morgan fingerprint density at radius 3 is 2.77 bits per heavy atom. The molecule has 0 aliphatic carbocycles. The Hall–Kier alpha value is -4.01. The summed E-state index contributed by atoms with van der Waals surface area (Å²) in [5, 5.41) is 14.9. The molecule has 0 radical (unpaired) electrons. The van der Waals surface area contributed by atoms with Crippen molar-refractivity contribution in [3.8, 4) is 17.1 Å². The van der Waals surface area contributed by atoms with Gasteiger partial charge in [-0.25, -0.2) is 0 Å². The van der Waals surface area contributed by atoms with Crippen molar-refractivity contribution in [2.24, 2.45) is 0 Å². The first-order valence-corrected chi connectivity index (χ1v) is 9.53. The van der Waals surface area contributed by atoms with E-state index >= 15 is 0 Å². The molecule has 0 atom stereocenters. The van der Waals surface area contributed by atoms with Crippen LogP contribution in [0.1, 0.15) is 17.0 Å². The van der Waals surface area contributed by atoms with Crippen LogP contribution in [0.2, 0.25) is 0 Å². The van der Waals surface area contributed by atoms with E-state index in [0.29, 0.717) is 17.1 Å². The van der Waals surface area contributed by atoms with Gasteiger partial charge in [0.1, 0.15) is 12.3 Å². The number of carbonyl (C=O) groups is 1. The fraction of sp³-hybridized carbons (Fsp3) is 0.227. The molecule has 0 N–H and O–H groups in total. The third-order valence-electron chi connectivity index (χ3n) is 4.50. The van der Waals surface area contributed by atoms with Gasteiger partial charge in [0.2, 0.25) is 11.7 Å². The van der Waals surface area contributed by atoms with Crippen molar-refractivity contribution in [1.82, 2.24) is 15.0 Å². The first kappa shape index (κ1) is 21.7. The number of nitrogens with zero attached hydrogens (tertiary/aromatic N) is 4. The summed E-state index contributed by atoms with van der Waals surface area (Å²) in [5.74, 6) is 0.793. The average Bonchev–Trinajstić information content (AvgIpc) is 3.20. The van der Waals surface area contributed by atoms with Crippen LogP contribution in [0.5, 0.6) is 5.75 Å². The third-order valence-corrected chi connectivity index (χ3v) is 4.50. The molecule has 0 aliphatic heterocycles. The van der Waals surface area contributed by atoms with Crippen molar-refractivity contribution in [3.63, 3.8) is 0 Å². The van der Waals surface area contributed by atoms with Gasteiger partial charge in [0.05, 0.1) is 4.92 Å². The van der Waals surface area contributed by atoms with Crippen LogP contribution >= 0.6 is 0 Å². The van der Waals surface area contributed by atoms with Gasteiger partial charge in [-0.1, -0.05) is 35.0 Å². The quantitative estimate of drug-likeness (QED) is 0.292. The number of hydrogen-bond donors (Lipinski definition) is 0. The van der Waals surface area contributed by atoms with Gasteiger partial charge < -0.3 is 14.2 Å². The van der Waals surface area contributed by atoms with E-state index < -0.39 is 4.92 Å². The number of amides is 1. The summed E-state index contributed by atoms with van der Waals surface area (Å²) in [4.78, 5) is 28.9. The highest BCUT2D eigenvalue weighted by Crippen LogP contribution is 2.23. The summed E-state index contributed by atoms with van der Waals surface area (Å²) >= 11 is 0. The number of nitro benzene ring substituents is 1. The van der Waals surface area contributed by atoms with Crippen LogP contribution in [0.4, 0.5) is 5.69 Å². The number of aryl methyl sites for hydroxylation is 2. The van der Waals surface area contributed by atoms with E-state index in [1.54, 1.807) is 13.0 Å². The number of nitro groups is 1. The molecular weight excluding hydrogens is 400 g/mol. The molecule has 0 saturated heterocycles. The number of aromatic nitrogens is 2. The number of hydrogen-bond acceptors (Lipinski definition) is 7. The topological polar surface area (TPSA) is 112 Å². The summed E-state index contributed by atoms with van der Waals surface area (Å²) in [6, 6.07) is 12.0. The summed E-state index contributed by atoms with van der Waals surface area (Å²) in [6.07, 6.45) is 1.59. The number of benzene rings is 2. The van der Waals surface area contributed by atoms with Crippen molar-refractivity contribution in [2.45, 2.75) is 20.4 Å². The Morgan fingerprint density at radius 2 is 2.10 bits per heavy atom. The lowest BCUT2D eigenvalue weighted by atomic mass is 10.1. The molecule has 0 aliphatic rings. The predicted octanol–water partition coefficient (Wildman–Crippen LogP) is 3.86. The van der Waals surface area contributed by atoms with Crippen molar-refractivity contribution < 1.29 is 19.0 Å². The molecule has 1 amide bonds. The number of rotatable bonds is 9. The molecule has 0 unspecified atom stereocenters. The molecule has 0 spiro atoms. The molecule has 3 aromatic rings. The highest BCUT2D eigenvalue weighted by atomic mass is 16.6. The molecule has 2 aromatic carbocycles. The standard InChI is InChI=1S/C22H22N4O5/c1-4-10-25(13-20-23-22(24-31-20)17-7-5-6-15(2)11-17)21(27)14-30-18-8-9-19(26(28)29)16(3)12-18/h4-9,11-12H,1,10,13-14H2,2-3H3. The minimum Gasteiger partial charge on any atom is -0.484 e. The number of carbonyl (C=O) groups excluding carboxylic acids is 1. The van der Waals surface area contributed by atoms with Gasteiger partial charge in [0.15, 0.2) is 6.61 Å². The highest BCUT2D eigenvalue weighted by Gasteiger charge is 2.18. The summed E-state index contributed by atoms with van der Waals surface area (Å²) in [5.41, 5.74) is 2.35. The zero-order chi connectivity index (χ0) is 22.4. The lowest BCUT2D eigenvalue weighted by molar-refractivity contribution is -0.385. The van der Waals surface area contributed by atoms with E-state index in [9.17, 15) is 14.9 Å². The Balaban J connectivity index is 1.65. The van der Waals surface area contributed by atoms with E-state index in [1.165, 1.54) is 23.1 Å².